The van der Waals surface area contributed by atoms with Crippen LogP contribution >= 0.6 is 0 Å². The number of ether oxygens (including phenoxy) is 2. The predicted molar refractivity (Wildman–Crippen MR) is 130 cm³/mol. The second kappa shape index (κ2) is 12.5. The Balaban J connectivity index is 1.75. The van der Waals surface area contributed by atoms with Crippen LogP contribution in [0.3, 0.4) is 0 Å². The van der Waals surface area contributed by atoms with Crippen molar-refractivity contribution >= 4 is 17.6 Å². The number of anilines is 1. The molecule has 0 aliphatic rings. The Labute approximate surface area is 204 Å². The van der Waals surface area contributed by atoms with Crippen molar-refractivity contribution in [3.8, 4) is 11.5 Å². The lowest BCUT2D eigenvalue weighted by atomic mass is 10.2. The number of nitrogens with one attached hydrogen (secondary N) is 1. The highest BCUT2D eigenvalue weighted by Crippen LogP contribution is 2.26. The van der Waals surface area contributed by atoms with Gasteiger partial charge in [0.1, 0.15) is 29.6 Å². The highest BCUT2D eigenvalue weighted by atomic mass is 19.1. The van der Waals surface area contributed by atoms with Gasteiger partial charge in [0.2, 0.25) is 5.91 Å². The molecule has 3 aromatic rings. The quantitative estimate of drug-likeness (QED) is 0.419. The first-order valence-corrected chi connectivity index (χ1v) is 11.3. The van der Waals surface area contributed by atoms with Crippen LogP contribution in [0.1, 0.15) is 24.7 Å². The Morgan fingerprint density at radius 3 is 2.23 bits per heavy atom. The molecule has 0 spiro atoms. The average molecular weight is 484 g/mol. The summed E-state index contributed by atoms with van der Waals surface area (Å²) in [7, 11) is 3.05. The summed E-state index contributed by atoms with van der Waals surface area (Å²) in [5.74, 6) is 1.05. The summed E-state index contributed by atoms with van der Waals surface area (Å²) in [5.41, 5.74) is 1.25. The normalized spacial score (nSPS) is 10.5. The van der Waals surface area contributed by atoms with E-state index in [-0.39, 0.29) is 31.4 Å². The van der Waals surface area contributed by atoms with E-state index in [1.807, 2.05) is 6.92 Å². The van der Waals surface area contributed by atoms with Crippen LogP contribution < -0.4 is 14.8 Å². The second-order valence-corrected chi connectivity index (χ2v) is 7.91. The highest BCUT2D eigenvalue weighted by molar-refractivity contribution is 5.92. The van der Waals surface area contributed by atoms with E-state index in [1.165, 1.54) is 37.5 Å². The fourth-order valence-electron chi connectivity index (χ4n) is 3.50. The molecular formula is C26H30FN3O5. The Hall–Kier alpha value is -4.01. The summed E-state index contributed by atoms with van der Waals surface area (Å²) in [5, 5.41) is 2.82. The summed E-state index contributed by atoms with van der Waals surface area (Å²) < 4.78 is 29.3. The molecule has 2 aromatic carbocycles. The van der Waals surface area contributed by atoms with Crippen molar-refractivity contribution < 1.29 is 27.9 Å². The molecule has 0 fully saturated rings. The molecule has 9 heteroatoms. The number of hydrogen-bond acceptors (Lipinski definition) is 5. The molecule has 0 saturated heterocycles. The first-order chi connectivity index (χ1) is 16.9. The molecule has 8 nitrogen and oxygen atoms in total. The van der Waals surface area contributed by atoms with Gasteiger partial charge in [-0.25, -0.2) is 9.18 Å². The minimum absolute atomic E-state index is 0.136. The van der Waals surface area contributed by atoms with E-state index in [0.717, 1.165) is 5.56 Å². The van der Waals surface area contributed by atoms with Gasteiger partial charge in [-0.2, -0.15) is 0 Å². The highest BCUT2D eigenvalue weighted by Gasteiger charge is 2.22. The van der Waals surface area contributed by atoms with Crippen LogP contribution in [-0.2, 0) is 17.9 Å². The maximum Gasteiger partial charge on any atom is 0.322 e. The van der Waals surface area contributed by atoms with E-state index < -0.39 is 6.03 Å². The summed E-state index contributed by atoms with van der Waals surface area (Å²) in [6, 6.07) is 14.1. The van der Waals surface area contributed by atoms with Gasteiger partial charge in [-0.05, 0) is 36.2 Å². The zero-order chi connectivity index (χ0) is 25.2. The number of furan rings is 1. The van der Waals surface area contributed by atoms with Gasteiger partial charge in [0.05, 0.1) is 27.0 Å². The first kappa shape index (κ1) is 25.6. The lowest BCUT2D eigenvalue weighted by molar-refractivity contribution is -0.133. The SMILES string of the molecule is CCCN(CC(=O)N(Cc1ccc(F)cc1)Cc1ccco1)C(=O)Nc1cc(OC)cc(OC)c1. The molecule has 1 aromatic heterocycles. The standard InChI is InChI=1S/C26H30FN3O5/c1-4-11-29(26(32)28-21-13-23(33-2)15-24(14-21)34-3)18-25(31)30(17-22-6-5-12-35-22)16-19-7-9-20(27)10-8-19/h5-10,12-15H,4,11,16-18H2,1-3H3,(H,28,32). The van der Waals surface area contributed by atoms with E-state index in [1.54, 1.807) is 47.4 Å². The summed E-state index contributed by atoms with van der Waals surface area (Å²) in [4.78, 5) is 29.4. The number of halogens is 1. The number of amides is 3. The van der Waals surface area contributed by atoms with E-state index in [9.17, 15) is 14.0 Å². The molecule has 0 unspecified atom stereocenters. The predicted octanol–water partition coefficient (Wildman–Crippen LogP) is 4.91. The smallest absolute Gasteiger partial charge is 0.322 e. The van der Waals surface area contributed by atoms with E-state index in [4.69, 9.17) is 13.9 Å². The number of benzene rings is 2. The molecule has 3 amide bonds. The molecule has 1 heterocycles. The third-order valence-corrected chi connectivity index (χ3v) is 5.28. The van der Waals surface area contributed by atoms with Crippen molar-refractivity contribution in [2.75, 3.05) is 32.6 Å². The number of nitrogens with zero attached hydrogens (tertiary/aromatic N) is 2. The summed E-state index contributed by atoms with van der Waals surface area (Å²) in [6.45, 7) is 2.64. The lowest BCUT2D eigenvalue weighted by Gasteiger charge is -2.27. The lowest BCUT2D eigenvalue weighted by Crippen LogP contribution is -2.44. The molecule has 0 atom stereocenters. The van der Waals surface area contributed by atoms with Crippen LogP contribution in [0.15, 0.2) is 65.3 Å². The maximum absolute atomic E-state index is 13.3. The first-order valence-electron chi connectivity index (χ1n) is 11.3. The Bertz CT molecular complexity index is 1080. The van der Waals surface area contributed by atoms with Crippen molar-refractivity contribution in [3.05, 3.63) is 78.0 Å². The van der Waals surface area contributed by atoms with Crippen molar-refractivity contribution in [1.82, 2.24) is 9.80 Å². The topological polar surface area (TPSA) is 84.3 Å². The molecule has 1 N–H and O–H groups in total. The van der Waals surface area contributed by atoms with Crippen LogP contribution in [0.4, 0.5) is 14.9 Å². The van der Waals surface area contributed by atoms with Gasteiger partial charge < -0.3 is 29.0 Å². The number of carbonyl (C=O) groups excluding carboxylic acids is 2. The molecule has 0 bridgehead atoms. The van der Waals surface area contributed by atoms with E-state index in [2.05, 4.69) is 5.32 Å². The van der Waals surface area contributed by atoms with Gasteiger partial charge in [-0.3, -0.25) is 4.79 Å². The van der Waals surface area contributed by atoms with Crippen molar-refractivity contribution in [2.45, 2.75) is 26.4 Å². The van der Waals surface area contributed by atoms with Gasteiger partial charge in [-0.1, -0.05) is 19.1 Å². The Morgan fingerprint density at radius 1 is 0.971 bits per heavy atom. The third kappa shape index (κ3) is 7.49. The molecular weight excluding hydrogens is 453 g/mol. The van der Waals surface area contributed by atoms with Gasteiger partial charge in [-0.15, -0.1) is 0 Å². The zero-order valence-corrected chi connectivity index (χ0v) is 20.1. The van der Waals surface area contributed by atoms with Crippen LogP contribution in [-0.4, -0.2) is 49.0 Å². The number of carbonyl (C=O) groups is 2. The minimum Gasteiger partial charge on any atom is -0.497 e. The van der Waals surface area contributed by atoms with Crippen molar-refractivity contribution in [1.29, 1.82) is 0 Å². The van der Waals surface area contributed by atoms with Crippen molar-refractivity contribution in [2.24, 2.45) is 0 Å². The number of methoxy groups -OCH3 is 2. The summed E-state index contributed by atoms with van der Waals surface area (Å²) >= 11 is 0. The molecule has 0 saturated carbocycles. The van der Waals surface area contributed by atoms with E-state index >= 15 is 0 Å². The number of urea groups is 1. The number of rotatable bonds is 11. The van der Waals surface area contributed by atoms with Gasteiger partial charge in [0.25, 0.3) is 0 Å². The van der Waals surface area contributed by atoms with Gasteiger partial charge in [0, 0.05) is 37.0 Å². The fraction of sp³-hybridized carbons (Fsp3) is 0.308. The Morgan fingerprint density at radius 2 is 1.66 bits per heavy atom. The molecule has 35 heavy (non-hydrogen) atoms. The van der Waals surface area contributed by atoms with Crippen LogP contribution in [0.2, 0.25) is 0 Å². The van der Waals surface area contributed by atoms with Crippen LogP contribution in [0.25, 0.3) is 0 Å². The number of hydrogen-bond donors (Lipinski definition) is 1. The fourth-order valence-corrected chi connectivity index (χ4v) is 3.50. The largest absolute Gasteiger partial charge is 0.497 e. The summed E-state index contributed by atoms with van der Waals surface area (Å²) in [6.07, 6.45) is 2.20. The Kier molecular flexibility index (Phi) is 9.11. The average Bonchev–Trinajstić information content (AvgIpc) is 3.37. The van der Waals surface area contributed by atoms with Crippen LogP contribution in [0.5, 0.6) is 11.5 Å². The third-order valence-electron chi connectivity index (χ3n) is 5.28. The van der Waals surface area contributed by atoms with Gasteiger partial charge in [0.15, 0.2) is 0 Å². The second-order valence-electron chi connectivity index (χ2n) is 7.91. The minimum atomic E-state index is -0.421. The molecule has 0 aliphatic heterocycles. The van der Waals surface area contributed by atoms with Crippen LogP contribution in [0, 0.1) is 5.82 Å². The monoisotopic (exact) mass is 483 g/mol. The van der Waals surface area contributed by atoms with Crippen molar-refractivity contribution in [3.63, 3.8) is 0 Å². The van der Waals surface area contributed by atoms with E-state index in [0.29, 0.717) is 35.9 Å². The molecule has 0 radical (unpaired) electrons. The zero-order valence-electron chi connectivity index (χ0n) is 20.1. The molecule has 0 aliphatic carbocycles. The molecule has 186 valence electrons. The van der Waals surface area contributed by atoms with Gasteiger partial charge >= 0.3 is 6.03 Å². The molecule has 3 rings (SSSR count). The maximum atomic E-state index is 13.3.